The van der Waals surface area contributed by atoms with E-state index in [0.29, 0.717) is 23.1 Å². The number of thioether (sulfide) groups is 1. The molecule has 0 bridgehead atoms. The average molecular weight is 515 g/mol. The molecule has 36 heavy (non-hydrogen) atoms. The number of anilines is 1. The quantitative estimate of drug-likeness (QED) is 0.374. The molecule has 0 saturated carbocycles. The number of imide groups is 1. The smallest absolute Gasteiger partial charge is 0.305 e. The number of rotatable bonds is 5. The molecule has 1 fully saturated rings. The highest BCUT2D eigenvalue weighted by Crippen LogP contribution is 2.54. The SMILES string of the molecule is Cc1ccc(COc2ccccc2[C@@H]2c3sc(=O)[nH]c3S[C@H]3C(=O)N(c4ccccc4)C(=O)[C@@H]23)cc1. The number of benzene rings is 3. The predicted molar refractivity (Wildman–Crippen MR) is 141 cm³/mol. The van der Waals surface area contributed by atoms with Crippen LogP contribution in [0.25, 0.3) is 0 Å². The molecule has 0 spiro atoms. The number of hydrogen-bond donors (Lipinski definition) is 1. The minimum atomic E-state index is -0.647. The van der Waals surface area contributed by atoms with Gasteiger partial charge in [0.05, 0.1) is 16.6 Å². The summed E-state index contributed by atoms with van der Waals surface area (Å²) in [4.78, 5) is 44.5. The van der Waals surface area contributed by atoms with Crippen molar-refractivity contribution in [1.29, 1.82) is 0 Å². The van der Waals surface area contributed by atoms with Gasteiger partial charge in [0.15, 0.2) is 0 Å². The Labute approximate surface area is 215 Å². The van der Waals surface area contributed by atoms with Crippen molar-refractivity contribution in [1.82, 2.24) is 4.98 Å². The largest absolute Gasteiger partial charge is 0.489 e. The molecule has 2 aliphatic rings. The Bertz CT molecular complexity index is 1510. The van der Waals surface area contributed by atoms with Gasteiger partial charge in [-0.25, -0.2) is 4.90 Å². The number of aromatic nitrogens is 1. The van der Waals surface area contributed by atoms with Crippen LogP contribution in [-0.4, -0.2) is 22.0 Å². The average Bonchev–Trinajstić information content (AvgIpc) is 3.38. The van der Waals surface area contributed by atoms with Crippen molar-refractivity contribution in [2.24, 2.45) is 5.92 Å². The number of nitrogens with zero attached hydrogens (tertiary/aromatic N) is 1. The number of amides is 2. The number of thiazole rings is 1. The highest BCUT2D eigenvalue weighted by molar-refractivity contribution is 8.00. The van der Waals surface area contributed by atoms with Crippen LogP contribution in [0.15, 0.2) is 88.7 Å². The molecule has 180 valence electrons. The number of para-hydroxylation sites is 2. The first-order chi connectivity index (χ1) is 17.5. The first-order valence-corrected chi connectivity index (χ1v) is 13.3. The van der Waals surface area contributed by atoms with Crippen LogP contribution in [0.1, 0.15) is 27.5 Å². The zero-order chi connectivity index (χ0) is 24.8. The van der Waals surface area contributed by atoms with Crippen molar-refractivity contribution in [3.63, 3.8) is 0 Å². The van der Waals surface area contributed by atoms with Crippen molar-refractivity contribution >= 4 is 40.6 Å². The van der Waals surface area contributed by atoms with Crippen molar-refractivity contribution in [3.8, 4) is 5.75 Å². The second-order valence-corrected chi connectivity index (χ2v) is 11.1. The van der Waals surface area contributed by atoms with Crippen LogP contribution in [0.4, 0.5) is 5.69 Å². The van der Waals surface area contributed by atoms with E-state index in [1.54, 1.807) is 12.1 Å². The van der Waals surface area contributed by atoms with E-state index in [2.05, 4.69) is 4.98 Å². The maximum absolute atomic E-state index is 13.8. The lowest BCUT2D eigenvalue weighted by atomic mass is 9.82. The predicted octanol–water partition coefficient (Wildman–Crippen LogP) is 5.12. The van der Waals surface area contributed by atoms with Crippen LogP contribution in [0, 0.1) is 12.8 Å². The van der Waals surface area contributed by atoms with Crippen LogP contribution in [0.3, 0.4) is 0 Å². The highest BCUT2D eigenvalue weighted by Gasteiger charge is 2.56. The second kappa shape index (κ2) is 9.11. The number of fused-ring (bicyclic) bond motifs is 2. The Balaban J connectivity index is 1.42. The third-order valence-corrected chi connectivity index (χ3v) is 9.01. The number of ether oxygens (including phenoxy) is 1. The topological polar surface area (TPSA) is 79.5 Å². The normalized spacial score (nSPS) is 20.8. The number of carbonyl (C=O) groups excluding carboxylic acids is 2. The Morgan fingerprint density at radius 3 is 2.39 bits per heavy atom. The minimum Gasteiger partial charge on any atom is -0.489 e. The lowest BCUT2D eigenvalue weighted by Crippen LogP contribution is -2.32. The summed E-state index contributed by atoms with van der Waals surface area (Å²) in [6, 6.07) is 24.7. The summed E-state index contributed by atoms with van der Waals surface area (Å²) >= 11 is 2.37. The van der Waals surface area contributed by atoms with E-state index in [9.17, 15) is 14.4 Å². The van der Waals surface area contributed by atoms with Gasteiger partial charge in [-0.3, -0.25) is 14.4 Å². The molecular weight excluding hydrogens is 492 g/mol. The number of nitrogens with one attached hydrogen (secondary N) is 1. The van der Waals surface area contributed by atoms with Gasteiger partial charge < -0.3 is 9.72 Å². The minimum absolute atomic E-state index is 0.199. The Morgan fingerprint density at radius 1 is 0.889 bits per heavy atom. The number of H-pyrrole nitrogens is 1. The van der Waals surface area contributed by atoms with Crippen LogP contribution >= 0.6 is 23.1 Å². The van der Waals surface area contributed by atoms with Gasteiger partial charge in [-0.05, 0) is 30.7 Å². The molecule has 3 aromatic carbocycles. The van der Waals surface area contributed by atoms with Gasteiger partial charge >= 0.3 is 4.87 Å². The van der Waals surface area contributed by atoms with Crippen LogP contribution in [0.2, 0.25) is 0 Å². The molecule has 4 aromatic rings. The number of aromatic amines is 1. The number of hydrogen-bond acceptors (Lipinski definition) is 6. The van der Waals surface area contributed by atoms with Crippen molar-refractivity contribution in [3.05, 3.63) is 110 Å². The van der Waals surface area contributed by atoms with E-state index in [1.807, 2.05) is 73.7 Å². The third kappa shape index (κ3) is 3.86. The highest BCUT2D eigenvalue weighted by atomic mass is 32.2. The molecule has 0 unspecified atom stereocenters. The van der Waals surface area contributed by atoms with E-state index < -0.39 is 17.1 Å². The molecule has 2 aliphatic heterocycles. The van der Waals surface area contributed by atoms with Gasteiger partial charge in [0.1, 0.15) is 17.6 Å². The van der Waals surface area contributed by atoms with Gasteiger partial charge in [-0.1, -0.05) is 89.3 Å². The summed E-state index contributed by atoms with van der Waals surface area (Å²) in [6.45, 7) is 2.40. The standard InChI is InChI=1S/C28H22N2O4S2/c1-16-11-13-17(14-12-16)15-34-20-10-6-5-9-19(20)21-22-24(35-25-23(21)36-28(33)29-25)27(32)30(26(22)31)18-7-3-2-4-8-18/h2-14,21-22,24H,15H2,1H3,(H,29,33)/t21-,22-,24+/m0/s1. The van der Waals surface area contributed by atoms with Crippen LogP contribution in [0.5, 0.6) is 5.75 Å². The molecule has 0 radical (unpaired) electrons. The zero-order valence-corrected chi connectivity index (χ0v) is 21.0. The Hall–Kier alpha value is -3.62. The van der Waals surface area contributed by atoms with Gasteiger partial charge in [-0.2, -0.15) is 0 Å². The molecule has 3 atom stereocenters. The summed E-state index contributed by atoms with van der Waals surface area (Å²) in [5.74, 6) is -1.00. The van der Waals surface area contributed by atoms with Gasteiger partial charge in [0, 0.05) is 16.4 Å². The van der Waals surface area contributed by atoms with Crippen molar-refractivity contribution in [2.45, 2.75) is 29.7 Å². The van der Waals surface area contributed by atoms with E-state index in [4.69, 9.17) is 4.74 Å². The van der Waals surface area contributed by atoms with Crippen molar-refractivity contribution < 1.29 is 14.3 Å². The molecule has 0 aliphatic carbocycles. The first-order valence-electron chi connectivity index (χ1n) is 11.6. The fraction of sp³-hybridized carbons (Fsp3) is 0.179. The Kier molecular flexibility index (Phi) is 5.78. The van der Waals surface area contributed by atoms with Crippen LogP contribution in [-0.2, 0) is 16.2 Å². The zero-order valence-electron chi connectivity index (χ0n) is 19.3. The maximum Gasteiger partial charge on any atom is 0.305 e. The monoisotopic (exact) mass is 514 g/mol. The van der Waals surface area contributed by atoms with Gasteiger partial charge in [-0.15, -0.1) is 0 Å². The molecule has 6 nitrogen and oxygen atoms in total. The van der Waals surface area contributed by atoms with E-state index >= 15 is 0 Å². The molecule has 1 N–H and O–H groups in total. The van der Waals surface area contributed by atoms with Gasteiger partial charge in [0.2, 0.25) is 11.8 Å². The fourth-order valence-electron chi connectivity index (χ4n) is 4.90. The van der Waals surface area contributed by atoms with Crippen LogP contribution < -0.4 is 14.5 Å². The summed E-state index contributed by atoms with van der Waals surface area (Å²) in [7, 11) is 0. The summed E-state index contributed by atoms with van der Waals surface area (Å²) in [5, 5.41) is 0.0197. The summed E-state index contributed by atoms with van der Waals surface area (Å²) in [5.41, 5.74) is 3.56. The van der Waals surface area contributed by atoms with E-state index in [-0.39, 0.29) is 16.7 Å². The lowest BCUT2D eigenvalue weighted by molar-refractivity contribution is -0.122. The molecular formula is C28H22N2O4S2. The summed E-state index contributed by atoms with van der Waals surface area (Å²) < 4.78 is 6.26. The maximum atomic E-state index is 13.8. The molecule has 8 heteroatoms. The summed E-state index contributed by atoms with van der Waals surface area (Å²) in [6.07, 6.45) is 0. The molecule has 6 rings (SSSR count). The van der Waals surface area contributed by atoms with E-state index in [1.165, 1.54) is 22.2 Å². The Morgan fingerprint density at radius 2 is 1.61 bits per heavy atom. The van der Waals surface area contributed by atoms with Gasteiger partial charge in [0.25, 0.3) is 0 Å². The molecule has 2 amide bonds. The molecule has 1 aromatic heterocycles. The van der Waals surface area contributed by atoms with Crippen molar-refractivity contribution in [2.75, 3.05) is 4.90 Å². The molecule has 3 heterocycles. The van der Waals surface area contributed by atoms with E-state index in [0.717, 1.165) is 27.3 Å². The third-order valence-electron chi connectivity index (χ3n) is 6.61. The number of aryl methyl sites for hydroxylation is 1. The fourth-order valence-corrected chi connectivity index (χ4v) is 7.40. The first kappa shape index (κ1) is 22.8. The lowest BCUT2D eigenvalue weighted by Gasteiger charge is -2.30. The second-order valence-electron chi connectivity index (χ2n) is 8.91. The number of carbonyl (C=O) groups is 2. The molecule has 1 saturated heterocycles.